The first-order valence-corrected chi connectivity index (χ1v) is 10.00. The maximum atomic E-state index is 13.2. The van der Waals surface area contributed by atoms with Crippen molar-refractivity contribution >= 4 is 27.6 Å². The van der Waals surface area contributed by atoms with Gasteiger partial charge in [0, 0.05) is 12.6 Å². The van der Waals surface area contributed by atoms with Crippen molar-refractivity contribution in [1.82, 2.24) is 9.21 Å². The van der Waals surface area contributed by atoms with E-state index in [2.05, 4.69) is 0 Å². The van der Waals surface area contributed by atoms with Crippen LogP contribution in [0.1, 0.15) is 17.5 Å². The van der Waals surface area contributed by atoms with Crippen molar-refractivity contribution in [3.8, 4) is 6.07 Å². The SMILES string of the molecule is N#Cc1ccc(N2C(=O)C3C4C[C@H](CN4S(=O)(=O)C(F)(F)F)N3C2=O)cc1C(F)(F)F. The molecule has 3 atom stereocenters. The number of hydrogen-bond donors (Lipinski definition) is 0. The summed E-state index contributed by atoms with van der Waals surface area (Å²) >= 11 is 0. The summed E-state index contributed by atoms with van der Waals surface area (Å²) in [6.07, 6.45) is -5.17. The first-order chi connectivity index (χ1) is 14.2. The lowest BCUT2D eigenvalue weighted by Crippen LogP contribution is -2.57. The number of hydrogen-bond acceptors (Lipinski definition) is 5. The van der Waals surface area contributed by atoms with Crippen molar-refractivity contribution in [2.75, 3.05) is 11.4 Å². The molecular weight excluding hydrogens is 458 g/mol. The Morgan fingerprint density at radius 3 is 2.29 bits per heavy atom. The molecule has 2 unspecified atom stereocenters. The van der Waals surface area contributed by atoms with E-state index in [-0.39, 0.29) is 10.7 Å². The number of amides is 3. The number of rotatable bonds is 2. The van der Waals surface area contributed by atoms with Crippen LogP contribution < -0.4 is 4.90 Å². The Kier molecular flexibility index (Phi) is 4.36. The fourth-order valence-electron chi connectivity index (χ4n) is 4.27. The lowest BCUT2D eigenvalue weighted by Gasteiger charge is -2.34. The van der Waals surface area contributed by atoms with Crippen LogP contribution in [0.15, 0.2) is 18.2 Å². The molecule has 1 aromatic carbocycles. The third kappa shape index (κ3) is 2.88. The van der Waals surface area contributed by atoms with E-state index in [1.165, 1.54) is 6.07 Å². The van der Waals surface area contributed by atoms with Gasteiger partial charge in [-0.2, -0.15) is 35.9 Å². The number of fused-ring (bicyclic) bond motifs is 5. The van der Waals surface area contributed by atoms with Crippen molar-refractivity contribution in [2.45, 2.75) is 36.2 Å². The number of benzene rings is 1. The Balaban J connectivity index is 1.72. The molecule has 0 spiro atoms. The summed E-state index contributed by atoms with van der Waals surface area (Å²) in [6.45, 7) is -0.683. The summed E-state index contributed by atoms with van der Waals surface area (Å²) in [6, 6.07) is -1.72. The molecule has 0 radical (unpaired) electrons. The Bertz CT molecular complexity index is 1140. The topological polar surface area (TPSA) is 102 Å². The highest BCUT2D eigenvalue weighted by molar-refractivity contribution is 7.90. The van der Waals surface area contributed by atoms with Crippen molar-refractivity contribution in [3.05, 3.63) is 29.3 Å². The van der Waals surface area contributed by atoms with Gasteiger partial charge in [0.2, 0.25) is 0 Å². The molecule has 0 aliphatic carbocycles. The van der Waals surface area contributed by atoms with Crippen molar-refractivity contribution < 1.29 is 44.3 Å². The average Bonchev–Trinajstić information content (AvgIpc) is 3.31. The molecular formula is C16H10F6N4O4S. The van der Waals surface area contributed by atoms with Crippen LogP contribution in [0.4, 0.5) is 36.8 Å². The number of sulfonamides is 1. The number of urea groups is 1. The number of anilines is 1. The van der Waals surface area contributed by atoms with Crippen LogP contribution in [0.25, 0.3) is 0 Å². The molecule has 3 amide bonds. The van der Waals surface area contributed by atoms with Gasteiger partial charge in [0.05, 0.1) is 28.9 Å². The number of alkyl halides is 6. The van der Waals surface area contributed by atoms with Crippen LogP contribution >= 0.6 is 0 Å². The number of piperazine rings is 1. The van der Waals surface area contributed by atoms with E-state index in [4.69, 9.17) is 5.26 Å². The molecule has 3 saturated heterocycles. The van der Waals surface area contributed by atoms with E-state index < -0.39 is 75.1 Å². The molecule has 2 bridgehead atoms. The molecule has 0 N–H and O–H groups in total. The number of carbonyl (C=O) groups excluding carboxylic acids is 2. The summed E-state index contributed by atoms with van der Waals surface area (Å²) in [5.41, 5.74) is -8.29. The molecule has 3 heterocycles. The number of carbonyl (C=O) groups is 2. The lowest BCUT2D eigenvalue weighted by molar-refractivity contribution is -0.137. The van der Waals surface area contributed by atoms with E-state index in [1.54, 1.807) is 0 Å². The van der Waals surface area contributed by atoms with Crippen molar-refractivity contribution in [1.29, 1.82) is 5.26 Å². The average molecular weight is 468 g/mol. The molecule has 15 heteroatoms. The Labute approximate surface area is 170 Å². The van der Waals surface area contributed by atoms with E-state index in [1.807, 2.05) is 0 Å². The fraction of sp³-hybridized carbons (Fsp3) is 0.438. The van der Waals surface area contributed by atoms with E-state index in [0.717, 1.165) is 17.0 Å². The molecule has 0 aromatic heterocycles. The van der Waals surface area contributed by atoms with Crippen molar-refractivity contribution in [3.63, 3.8) is 0 Å². The Hall–Kier alpha value is -2.86. The van der Waals surface area contributed by atoms with Crippen LogP contribution in [0.2, 0.25) is 0 Å². The predicted molar refractivity (Wildman–Crippen MR) is 88.5 cm³/mol. The molecule has 8 nitrogen and oxygen atoms in total. The second-order valence-corrected chi connectivity index (χ2v) is 9.01. The zero-order chi connectivity index (χ0) is 23.1. The third-order valence-corrected chi connectivity index (χ3v) is 7.13. The minimum atomic E-state index is -5.76. The van der Waals surface area contributed by atoms with Crippen LogP contribution in [-0.2, 0) is 21.0 Å². The number of nitrogens with zero attached hydrogens (tertiary/aromatic N) is 4. The summed E-state index contributed by atoms with van der Waals surface area (Å²) in [4.78, 5) is 26.9. The highest BCUT2D eigenvalue weighted by Gasteiger charge is 2.67. The minimum Gasteiger partial charge on any atom is -0.306 e. The summed E-state index contributed by atoms with van der Waals surface area (Å²) < 4.78 is 102. The van der Waals surface area contributed by atoms with Crippen LogP contribution in [0.5, 0.6) is 0 Å². The van der Waals surface area contributed by atoms with Gasteiger partial charge in [-0.15, -0.1) is 0 Å². The second kappa shape index (κ2) is 6.33. The van der Waals surface area contributed by atoms with Gasteiger partial charge in [0.15, 0.2) is 0 Å². The zero-order valence-corrected chi connectivity index (χ0v) is 15.8. The monoisotopic (exact) mass is 468 g/mol. The Morgan fingerprint density at radius 2 is 1.74 bits per heavy atom. The van der Waals surface area contributed by atoms with Gasteiger partial charge in [0.1, 0.15) is 6.04 Å². The molecule has 3 aliphatic rings. The maximum absolute atomic E-state index is 13.2. The number of halogens is 6. The maximum Gasteiger partial charge on any atom is 0.511 e. The molecule has 4 rings (SSSR count). The van der Waals surface area contributed by atoms with Gasteiger partial charge in [-0.3, -0.25) is 4.79 Å². The molecule has 1 aromatic rings. The fourth-order valence-corrected chi connectivity index (χ4v) is 5.46. The van der Waals surface area contributed by atoms with Gasteiger partial charge < -0.3 is 4.90 Å². The molecule has 3 fully saturated rings. The molecule has 166 valence electrons. The normalized spacial score (nSPS) is 26.5. The molecule has 31 heavy (non-hydrogen) atoms. The largest absolute Gasteiger partial charge is 0.511 e. The molecule has 0 saturated carbocycles. The van der Waals surface area contributed by atoms with Crippen LogP contribution in [-0.4, -0.2) is 59.7 Å². The van der Waals surface area contributed by atoms with E-state index >= 15 is 0 Å². The number of imide groups is 1. The number of nitriles is 1. The standard InChI is InChI=1S/C16H10F6N4O4S/c17-15(18,19)10-3-8(2-1-7(10)5-23)26-13(27)12-11-4-9(25(12)14(26)28)6-24(11)31(29,30)16(20,21)22/h1-3,9,11-12H,4,6H2/t9-,11?,12?/m1/s1. The smallest absolute Gasteiger partial charge is 0.306 e. The lowest BCUT2D eigenvalue weighted by atomic mass is 10.1. The van der Waals surface area contributed by atoms with Gasteiger partial charge >= 0.3 is 27.7 Å². The van der Waals surface area contributed by atoms with Gasteiger partial charge in [-0.05, 0) is 24.6 Å². The third-order valence-electron chi connectivity index (χ3n) is 5.51. The van der Waals surface area contributed by atoms with Gasteiger partial charge in [-0.1, -0.05) is 0 Å². The van der Waals surface area contributed by atoms with Crippen molar-refractivity contribution in [2.24, 2.45) is 0 Å². The zero-order valence-electron chi connectivity index (χ0n) is 15.0. The quantitative estimate of drug-likeness (QED) is 0.488. The minimum absolute atomic E-state index is 0.118. The van der Waals surface area contributed by atoms with Crippen LogP contribution in [0, 0.1) is 11.3 Å². The first kappa shape index (κ1) is 21.4. The first-order valence-electron chi connectivity index (χ1n) is 8.56. The van der Waals surface area contributed by atoms with E-state index in [9.17, 15) is 44.3 Å². The second-order valence-electron chi connectivity index (χ2n) is 7.13. The van der Waals surface area contributed by atoms with Crippen LogP contribution in [0.3, 0.4) is 0 Å². The Morgan fingerprint density at radius 1 is 1.10 bits per heavy atom. The van der Waals surface area contributed by atoms with E-state index in [0.29, 0.717) is 11.0 Å². The highest BCUT2D eigenvalue weighted by atomic mass is 32.2. The summed E-state index contributed by atoms with van der Waals surface area (Å²) in [5, 5.41) is 8.86. The summed E-state index contributed by atoms with van der Waals surface area (Å²) in [7, 11) is -5.76. The highest BCUT2D eigenvalue weighted by Crippen LogP contribution is 2.46. The molecule has 3 aliphatic heterocycles. The van der Waals surface area contributed by atoms with Gasteiger partial charge in [0.25, 0.3) is 5.91 Å². The summed E-state index contributed by atoms with van der Waals surface area (Å²) in [5.74, 6) is -1.14. The predicted octanol–water partition coefficient (Wildman–Crippen LogP) is 2.02. The van der Waals surface area contributed by atoms with Gasteiger partial charge in [-0.25, -0.2) is 18.1 Å².